The minimum absolute atomic E-state index is 0.0917. The summed E-state index contributed by atoms with van der Waals surface area (Å²) in [6, 6.07) is 0. The highest BCUT2D eigenvalue weighted by Crippen LogP contribution is 2.21. The van der Waals surface area contributed by atoms with Crippen LogP contribution in [0.1, 0.15) is 181 Å². The number of carbonyl (C=O) groups excluding carboxylic acids is 2. The van der Waals surface area contributed by atoms with Crippen molar-refractivity contribution in [3.8, 4) is 0 Å². The fourth-order valence-electron chi connectivity index (χ4n) is 7.79. The second-order valence-electron chi connectivity index (χ2n) is 16.8. The van der Waals surface area contributed by atoms with E-state index in [0.29, 0.717) is 30.4 Å². The van der Waals surface area contributed by atoms with Gasteiger partial charge in [-0.1, -0.05) is 129 Å². The molecule has 0 spiro atoms. The van der Waals surface area contributed by atoms with Crippen LogP contribution in [0.15, 0.2) is 0 Å². The van der Waals surface area contributed by atoms with Crippen LogP contribution < -0.4 is 0 Å². The van der Waals surface area contributed by atoms with Crippen molar-refractivity contribution < 1.29 is 65.1 Å². The minimum Gasteiger partial charge on any atom is -0.394 e. The summed E-state index contributed by atoms with van der Waals surface area (Å²) in [5.41, 5.74) is 0. The number of nitrogens with zero attached hydrogens (tertiary/aromatic N) is 1. The third kappa shape index (κ3) is 26.0. The van der Waals surface area contributed by atoms with E-state index in [4.69, 9.17) is 10.2 Å². The van der Waals surface area contributed by atoms with E-state index in [1.165, 1.54) is 103 Å². The SMILES string of the molecule is CCCCCCCCCCCCCC[N+](CCCCCCCCCCCC)(CCCC(=O)[C@H](O)[C@@H](O)[C@H](O)[C@H](O)CO)CCCC(=O)[C@H](O)[C@@H](O)[C@H](O)[C@H](O)CO. The van der Waals surface area contributed by atoms with Crippen molar-refractivity contribution in [3.05, 3.63) is 0 Å². The Kier molecular flexibility index (Phi) is 34.9. The fourth-order valence-corrected chi connectivity index (χ4v) is 7.79. The Hall–Kier alpha value is -1.10. The number of rotatable bonds is 42. The number of carbonyl (C=O) groups is 2. The summed E-state index contributed by atoms with van der Waals surface area (Å²) in [6.07, 6.45) is 11.8. The van der Waals surface area contributed by atoms with E-state index < -0.39 is 73.6 Å². The Labute approximate surface area is 345 Å². The summed E-state index contributed by atoms with van der Waals surface area (Å²) in [5, 5.41) is 99.2. The van der Waals surface area contributed by atoms with Crippen LogP contribution in [0.4, 0.5) is 0 Å². The van der Waals surface area contributed by atoms with Gasteiger partial charge in [0.15, 0.2) is 11.6 Å². The van der Waals surface area contributed by atoms with Gasteiger partial charge in [0, 0.05) is 25.7 Å². The van der Waals surface area contributed by atoms with Crippen molar-refractivity contribution >= 4 is 11.6 Å². The molecule has 0 fully saturated rings. The average Bonchev–Trinajstić information content (AvgIpc) is 3.22. The van der Waals surface area contributed by atoms with Crippen LogP contribution in [-0.2, 0) is 9.59 Å². The van der Waals surface area contributed by atoms with Gasteiger partial charge in [0.2, 0.25) is 0 Å². The molecule has 0 aromatic rings. The van der Waals surface area contributed by atoms with Crippen LogP contribution in [0.25, 0.3) is 0 Å². The fraction of sp³-hybridized carbons (Fsp3) is 0.955. The quantitative estimate of drug-likeness (QED) is 0.0311. The molecule has 0 rings (SSSR count). The number of hydrogen-bond donors (Lipinski definition) is 10. The number of Topliss-reactive ketones (excluding diaryl/α,β-unsaturated/α-hetero) is 2. The summed E-state index contributed by atoms with van der Waals surface area (Å²) < 4.78 is 0.602. The van der Waals surface area contributed by atoms with Crippen LogP contribution in [0, 0.1) is 0 Å². The molecule has 0 amide bonds. The van der Waals surface area contributed by atoms with Crippen molar-refractivity contribution in [1.29, 1.82) is 0 Å². The average molecular weight is 823 g/mol. The zero-order valence-electron chi connectivity index (χ0n) is 36.0. The zero-order chi connectivity index (χ0) is 42.9. The molecule has 0 radical (unpaired) electrons. The van der Waals surface area contributed by atoms with E-state index in [-0.39, 0.29) is 12.8 Å². The first kappa shape index (κ1) is 55.9. The molecule has 0 unspecified atom stereocenters. The third-order valence-corrected chi connectivity index (χ3v) is 11.8. The van der Waals surface area contributed by atoms with Crippen LogP contribution in [-0.4, -0.2) is 155 Å². The number of hydrogen-bond acceptors (Lipinski definition) is 12. The van der Waals surface area contributed by atoms with E-state index in [2.05, 4.69) is 13.8 Å². The smallest absolute Gasteiger partial charge is 0.164 e. The van der Waals surface area contributed by atoms with Crippen molar-refractivity contribution in [2.75, 3.05) is 39.4 Å². The van der Waals surface area contributed by atoms with Crippen LogP contribution in [0.5, 0.6) is 0 Å². The predicted octanol–water partition coefficient (Wildman–Crippen LogP) is 4.00. The Bertz CT molecular complexity index is 912. The Morgan fingerprint density at radius 3 is 0.877 bits per heavy atom. The Balaban J connectivity index is 5.71. The maximum absolute atomic E-state index is 12.9. The first-order chi connectivity index (χ1) is 27.3. The summed E-state index contributed by atoms with van der Waals surface area (Å²) in [6.45, 7) is 5.45. The Morgan fingerprint density at radius 1 is 0.368 bits per heavy atom. The highest BCUT2D eigenvalue weighted by Gasteiger charge is 2.36. The normalized spacial score (nSPS) is 16.5. The highest BCUT2D eigenvalue weighted by atomic mass is 16.4. The van der Waals surface area contributed by atoms with Gasteiger partial charge in [0.1, 0.15) is 48.8 Å². The van der Waals surface area contributed by atoms with Gasteiger partial charge < -0.3 is 55.5 Å². The molecule has 10 N–H and O–H groups in total. The van der Waals surface area contributed by atoms with Crippen LogP contribution in [0.2, 0.25) is 0 Å². The van der Waals surface area contributed by atoms with Gasteiger partial charge in [0.25, 0.3) is 0 Å². The molecule has 13 nitrogen and oxygen atoms in total. The van der Waals surface area contributed by atoms with Gasteiger partial charge in [-0.05, 0) is 25.7 Å². The molecule has 0 aromatic carbocycles. The molecule has 57 heavy (non-hydrogen) atoms. The van der Waals surface area contributed by atoms with Crippen molar-refractivity contribution in [1.82, 2.24) is 0 Å². The largest absolute Gasteiger partial charge is 0.394 e. The number of aliphatic hydroxyl groups excluding tert-OH is 10. The molecule has 340 valence electrons. The first-order valence-electron chi connectivity index (χ1n) is 22.9. The van der Waals surface area contributed by atoms with Gasteiger partial charge in [-0.3, -0.25) is 9.59 Å². The van der Waals surface area contributed by atoms with E-state index in [0.717, 1.165) is 51.6 Å². The maximum atomic E-state index is 12.9. The predicted molar refractivity (Wildman–Crippen MR) is 223 cm³/mol. The number of ketones is 2. The summed E-state index contributed by atoms with van der Waals surface area (Å²) >= 11 is 0. The molecular formula is C44H88NO12+. The monoisotopic (exact) mass is 823 g/mol. The summed E-state index contributed by atoms with van der Waals surface area (Å²) in [4.78, 5) is 25.9. The first-order valence-corrected chi connectivity index (χ1v) is 22.9. The van der Waals surface area contributed by atoms with Gasteiger partial charge in [0.05, 0.1) is 39.4 Å². The van der Waals surface area contributed by atoms with E-state index >= 15 is 0 Å². The van der Waals surface area contributed by atoms with E-state index in [9.17, 15) is 50.4 Å². The molecule has 13 heteroatoms. The van der Waals surface area contributed by atoms with Crippen molar-refractivity contribution in [2.24, 2.45) is 0 Å². The van der Waals surface area contributed by atoms with Gasteiger partial charge in [-0.2, -0.15) is 0 Å². The molecular weight excluding hydrogens is 734 g/mol. The highest BCUT2D eigenvalue weighted by molar-refractivity contribution is 5.83. The second-order valence-corrected chi connectivity index (χ2v) is 16.8. The summed E-state index contributed by atoms with van der Waals surface area (Å²) in [7, 11) is 0. The van der Waals surface area contributed by atoms with Crippen molar-refractivity contribution in [3.63, 3.8) is 0 Å². The van der Waals surface area contributed by atoms with E-state index in [1.54, 1.807) is 0 Å². The van der Waals surface area contributed by atoms with E-state index in [1.807, 2.05) is 0 Å². The molecule has 0 bridgehead atoms. The van der Waals surface area contributed by atoms with Gasteiger partial charge >= 0.3 is 0 Å². The van der Waals surface area contributed by atoms with Gasteiger partial charge in [-0.25, -0.2) is 0 Å². The zero-order valence-corrected chi connectivity index (χ0v) is 36.0. The molecule has 0 saturated heterocycles. The third-order valence-electron chi connectivity index (χ3n) is 11.8. The van der Waals surface area contributed by atoms with Gasteiger partial charge in [-0.15, -0.1) is 0 Å². The molecule has 0 aromatic heterocycles. The maximum Gasteiger partial charge on any atom is 0.164 e. The number of unbranched alkanes of at least 4 members (excludes halogenated alkanes) is 20. The molecule has 0 aliphatic heterocycles. The number of quaternary nitrogens is 1. The molecule has 0 saturated carbocycles. The summed E-state index contributed by atoms with van der Waals surface area (Å²) in [5.74, 6) is -1.38. The molecule has 0 aliphatic carbocycles. The molecule has 8 atom stereocenters. The lowest BCUT2D eigenvalue weighted by Gasteiger charge is -2.40. The lowest BCUT2D eigenvalue weighted by atomic mass is 9.97. The second kappa shape index (κ2) is 35.6. The standard InChI is InChI=1S/C44H88NO12/c1-3-5-7-9-11-13-15-16-18-20-22-24-30-45(29-23-21-19-17-14-12-10-8-6-4-2,31-25-27-35(48)39(52)43(56)41(54)37(50)33-46)32-26-28-36(49)40(53)44(57)42(55)38(51)34-47/h37-44,46-47,50-57H,3-34H2,1-2H3/q+1/t37-,38-,39+,40+,41-,42-,43-,44-/m1/s1. The molecule has 0 heterocycles. The lowest BCUT2D eigenvalue weighted by Crippen LogP contribution is -2.52. The Morgan fingerprint density at radius 2 is 0.614 bits per heavy atom. The number of aliphatic hydroxyl groups is 10. The van der Waals surface area contributed by atoms with Crippen LogP contribution in [0.3, 0.4) is 0 Å². The molecule has 0 aliphatic rings. The topological polar surface area (TPSA) is 236 Å². The van der Waals surface area contributed by atoms with Crippen LogP contribution >= 0.6 is 0 Å². The lowest BCUT2D eigenvalue weighted by molar-refractivity contribution is -0.929. The minimum atomic E-state index is -1.96. The van der Waals surface area contributed by atoms with Crippen molar-refractivity contribution in [2.45, 2.75) is 230 Å².